The average Bonchev–Trinajstić information content (AvgIpc) is 2.99. The topological polar surface area (TPSA) is 65.5 Å². The molecule has 1 amide bonds. The Morgan fingerprint density at radius 2 is 1.41 bits per heavy atom. The van der Waals surface area contributed by atoms with Crippen molar-refractivity contribution >= 4 is 22.8 Å². The summed E-state index contributed by atoms with van der Waals surface area (Å²) in [6.45, 7) is 4.38. The van der Waals surface area contributed by atoms with Crippen molar-refractivity contribution in [3.05, 3.63) is 101 Å². The van der Waals surface area contributed by atoms with Crippen LogP contribution in [-0.2, 0) is 33.7 Å². The number of carbonyl (C=O) groups is 1. The number of anilines is 1. The molecule has 0 aliphatic carbocycles. The third-order valence-corrected chi connectivity index (χ3v) is 8.42. The lowest BCUT2D eigenvalue weighted by Gasteiger charge is -2.31. The number of carbonyl (C=O) groups excluding carboxylic acids is 1. The molecule has 1 unspecified atom stereocenters. The van der Waals surface area contributed by atoms with E-state index in [1.54, 1.807) is 48.5 Å². The highest BCUT2D eigenvalue weighted by atomic mass is 32.2. The van der Waals surface area contributed by atoms with Crippen molar-refractivity contribution in [2.24, 2.45) is 0 Å². The summed E-state index contributed by atoms with van der Waals surface area (Å²) in [4.78, 5) is 20.1. The van der Waals surface area contributed by atoms with E-state index in [0.29, 0.717) is 28.3 Å². The zero-order valence-electron chi connectivity index (χ0n) is 24.3. The molecule has 0 spiro atoms. The van der Waals surface area contributed by atoms with Crippen molar-refractivity contribution in [3.8, 4) is 17.0 Å². The van der Waals surface area contributed by atoms with Gasteiger partial charge in [-0.25, -0.2) is 0 Å². The molecular formula is C32H28F6N2O3S. The van der Waals surface area contributed by atoms with Gasteiger partial charge in [-0.05, 0) is 62.7 Å². The van der Waals surface area contributed by atoms with Crippen LogP contribution < -0.4 is 9.64 Å². The summed E-state index contributed by atoms with van der Waals surface area (Å²) >= 11 is -1.76. The van der Waals surface area contributed by atoms with E-state index in [1.807, 2.05) is 6.92 Å². The molecule has 4 rings (SSSR count). The van der Waals surface area contributed by atoms with Gasteiger partial charge >= 0.3 is 12.4 Å². The van der Waals surface area contributed by atoms with Crippen molar-refractivity contribution in [2.75, 3.05) is 19.1 Å². The molecule has 0 saturated carbocycles. The van der Waals surface area contributed by atoms with Crippen LogP contribution in [0.4, 0.5) is 32.0 Å². The quantitative estimate of drug-likeness (QED) is 0.152. The molecule has 5 nitrogen and oxygen atoms in total. The van der Waals surface area contributed by atoms with Crippen molar-refractivity contribution in [3.63, 3.8) is 0 Å². The Bertz CT molecular complexity index is 1640. The predicted molar refractivity (Wildman–Crippen MR) is 155 cm³/mol. The zero-order chi connectivity index (χ0) is 32.6. The van der Waals surface area contributed by atoms with Gasteiger partial charge in [-0.3, -0.25) is 4.79 Å². The van der Waals surface area contributed by atoms with Crippen molar-refractivity contribution in [1.29, 1.82) is 0 Å². The molecule has 0 aliphatic heterocycles. The summed E-state index contributed by atoms with van der Waals surface area (Å²) in [5.74, 6) is -0.302. The number of methoxy groups -OCH3 is 1. The Labute approximate surface area is 253 Å². The van der Waals surface area contributed by atoms with Gasteiger partial charge in [-0.1, -0.05) is 35.9 Å². The molecule has 0 aliphatic rings. The Balaban J connectivity index is 1.81. The summed E-state index contributed by atoms with van der Waals surface area (Å²) < 4.78 is 100. The number of alkyl halides is 6. The van der Waals surface area contributed by atoms with E-state index in [1.165, 1.54) is 40.1 Å². The lowest BCUT2D eigenvalue weighted by Crippen LogP contribution is -2.42. The normalized spacial score (nSPS) is 13.0. The van der Waals surface area contributed by atoms with E-state index >= 15 is 0 Å². The van der Waals surface area contributed by atoms with E-state index < -0.39 is 51.5 Å². The molecular weight excluding hydrogens is 606 g/mol. The van der Waals surface area contributed by atoms with E-state index in [9.17, 15) is 35.7 Å². The summed E-state index contributed by atoms with van der Waals surface area (Å²) in [6.07, 6.45) is -10.1. The van der Waals surface area contributed by atoms with Crippen LogP contribution in [0.3, 0.4) is 0 Å². The number of nitrogens with zero attached hydrogens (tertiary/aromatic N) is 2. The van der Waals surface area contributed by atoms with Crippen LogP contribution in [0, 0.1) is 6.92 Å². The SMILES string of the molecule is COc1cccc([S+]([O-])c2ccc(N(C)C(=O)C(C)(C)c3cc(C(F)(F)F)cc(C(F)(F)F)c3)c(-c3ccc(C)cc3)n2)c1. The first-order valence-corrected chi connectivity index (χ1v) is 14.3. The molecule has 232 valence electrons. The van der Waals surface area contributed by atoms with Gasteiger partial charge in [-0.2, -0.15) is 31.3 Å². The maximum atomic E-state index is 13.9. The van der Waals surface area contributed by atoms with Gasteiger partial charge in [0.2, 0.25) is 5.91 Å². The molecule has 0 fully saturated rings. The second kappa shape index (κ2) is 12.2. The number of benzene rings is 3. The predicted octanol–water partition coefficient (Wildman–Crippen LogP) is 8.21. The Kier molecular flexibility index (Phi) is 9.09. The minimum atomic E-state index is -5.07. The van der Waals surface area contributed by atoms with Crippen molar-refractivity contribution in [2.45, 2.75) is 48.5 Å². The molecule has 1 atom stereocenters. The summed E-state index contributed by atoms with van der Waals surface area (Å²) in [7, 11) is 2.83. The van der Waals surface area contributed by atoms with Crippen LogP contribution in [0.15, 0.2) is 88.8 Å². The minimum Gasteiger partial charge on any atom is -0.605 e. The Hall–Kier alpha value is -4.03. The summed E-state index contributed by atoms with van der Waals surface area (Å²) in [5.41, 5.74) is -3.39. The first kappa shape index (κ1) is 32.9. The van der Waals surface area contributed by atoms with E-state index in [-0.39, 0.29) is 22.5 Å². The summed E-state index contributed by atoms with van der Waals surface area (Å²) in [6, 6.07) is 17.8. The molecule has 4 aromatic rings. The summed E-state index contributed by atoms with van der Waals surface area (Å²) in [5, 5.41) is 0.158. The minimum absolute atomic E-state index is 0.0222. The fourth-order valence-electron chi connectivity index (χ4n) is 4.54. The third kappa shape index (κ3) is 6.86. The molecule has 1 aromatic heterocycles. The van der Waals surface area contributed by atoms with Crippen LogP contribution in [0.5, 0.6) is 5.75 Å². The van der Waals surface area contributed by atoms with Gasteiger partial charge in [0.1, 0.15) is 5.75 Å². The second-order valence-corrected chi connectivity index (χ2v) is 12.0. The maximum absolute atomic E-state index is 13.9. The Morgan fingerprint density at radius 1 is 0.841 bits per heavy atom. The molecule has 44 heavy (non-hydrogen) atoms. The van der Waals surface area contributed by atoms with Crippen molar-refractivity contribution < 1.29 is 40.4 Å². The Morgan fingerprint density at radius 3 is 1.95 bits per heavy atom. The molecule has 0 radical (unpaired) electrons. The number of amides is 1. The number of rotatable bonds is 7. The number of aryl methyl sites for hydroxylation is 1. The number of hydrogen-bond acceptors (Lipinski definition) is 4. The second-order valence-electron chi connectivity index (χ2n) is 10.6. The lowest BCUT2D eigenvalue weighted by atomic mass is 9.81. The molecule has 3 aromatic carbocycles. The lowest BCUT2D eigenvalue weighted by molar-refractivity contribution is -0.143. The number of aromatic nitrogens is 1. The van der Waals surface area contributed by atoms with Gasteiger partial charge in [0, 0.05) is 35.9 Å². The monoisotopic (exact) mass is 634 g/mol. The van der Waals surface area contributed by atoms with E-state index in [4.69, 9.17) is 4.74 Å². The van der Waals surface area contributed by atoms with Crippen LogP contribution in [-0.4, -0.2) is 29.6 Å². The molecule has 12 heteroatoms. The maximum Gasteiger partial charge on any atom is 0.416 e. The van der Waals surface area contributed by atoms with Gasteiger partial charge in [-0.15, -0.1) is 0 Å². The van der Waals surface area contributed by atoms with E-state index in [0.717, 1.165) is 10.5 Å². The van der Waals surface area contributed by atoms with Crippen LogP contribution in [0.2, 0.25) is 0 Å². The zero-order valence-corrected chi connectivity index (χ0v) is 25.1. The van der Waals surface area contributed by atoms with Crippen LogP contribution in [0.1, 0.15) is 36.1 Å². The molecule has 1 heterocycles. The number of pyridine rings is 1. The number of likely N-dealkylation sites (N-methyl/N-ethyl adjacent to an activating group) is 1. The van der Waals surface area contributed by atoms with Gasteiger partial charge in [0.15, 0.2) is 4.90 Å². The largest absolute Gasteiger partial charge is 0.605 e. The van der Waals surface area contributed by atoms with Crippen molar-refractivity contribution in [1.82, 2.24) is 4.98 Å². The first-order chi connectivity index (χ1) is 20.4. The third-order valence-electron chi connectivity index (χ3n) is 7.13. The first-order valence-electron chi connectivity index (χ1n) is 13.2. The number of halogens is 6. The van der Waals surface area contributed by atoms with Gasteiger partial charge in [0.05, 0.1) is 35.0 Å². The van der Waals surface area contributed by atoms with Crippen LogP contribution >= 0.6 is 0 Å². The van der Waals surface area contributed by atoms with Crippen LogP contribution in [0.25, 0.3) is 11.3 Å². The molecule has 0 bridgehead atoms. The fraction of sp³-hybridized carbons (Fsp3) is 0.250. The highest BCUT2D eigenvalue weighted by molar-refractivity contribution is 7.91. The molecule has 0 N–H and O–H groups in total. The molecule has 0 saturated heterocycles. The smallest absolute Gasteiger partial charge is 0.416 e. The average molecular weight is 635 g/mol. The number of hydrogen-bond donors (Lipinski definition) is 0. The number of ether oxygens (including phenoxy) is 1. The van der Waals surface area contributed by atoms with Gasteiger partial charge in [0.25, 0.3) is 5.03 Å². The highest BCUT2D eigenvalue weighted by Crippen LogP contribution is 2.40. The van der Waals surface area contributed by atoms with Gasteiger partial charge < -0.3 is 14.2 Å². The highest BCUT2D eigenvalue weighted by Gasteiger charge is 2.41. The standard InChI is InChI=1S/C32H28F6N2O3S/c1-19-9-11-20(12-10-19)28-26(13-14-27(39-28)44(42)25-8-6-7-24(18-25)43-5)40(4)29(41)30(2,3)21-15-22(31(33,34)35)17-23(16-21)32(36,37)38/h6-18H,1-5H3. The fourth-order valence-corrected chi connectivity index (χ4v) is 5.57. The van der Waals surface area contributed by atoms with E-state index in [2.05, 4.69) is 4.98 Å².